The van der Waals surface area contributed by atoms with Gasteiger partial charge in [-0.25, -0.2) is 0 Å². The Morgan fingerprint density at radius 1 is 1.24 bits per heavy atom. The van der Waals surface area contributed by atoms with Gasteiger partial charge in [0.2, 0.25) is 5.91 Å². The summed E-state index contributed by atoms with van der Waals surface area (Å²) in [5.74, 6) is 0.474. The lowest BCUT2D eigenvalue weighted by atomic mass is 10.00. The van der Waals surface area contributed by atoms with E-state index in [1.54, 1.807) is 0 Å². The average molecular weight is 337 g/mol. The van der Waals surface area contributed by atoms with Gasteiger partial charge < -0.3 is 10.6 Å². The monoisotopic (exact) mass is 337 g/mol. The number of fused-ring (bicyclic) bond motifs is 1. The molecule has 4 rings (SSSR count). The van der Waals surface area contributed by atoms with Gasteiger partial charge in [0.15, 0.2) is 0 Å². The lowest BCUT2D eigenvalue weighted by Gasteiger charge is -2.14. The molecule has 5 heteroatoms. The minimum atomic E-state index is -0.0829. The first kappa shape index (κ1) is 16.1. The highest BCUT2D eigenvalue weighted by molar-refractivity contribution is 6.07. The Kier molecular flexibility index (Phi) is 3.94. The van der Waals surface area contributed by atoms with Crippen molar-refractivity contribution in [2.24, 2.45) is 0 Å². The molecule has 0 radical (unpaired) electrons. The Morgan fingerprint density at radius 3 is 2.72 bits per heavy atom. The molecule has 1 aliphatic heterocycles. The fraction of sp³-hybridized carbons (Fsp3) is 0.450. The SMILES string of the molecule is Cc1cc(C)c2nc(C3CC3)cc(C(=O)NC[C@H]3CCC(=O)N3)c2c1. The first-order chi connectivity index (χ1) is 12.0. The summed E-state index contributed by atoms with van der Waals surface area (Å²) in [6.45, 7) is 4.56. The van der Waals surface area contributed by atoms with Crippen LogP contribution in [0.25, 0.3) is 10.9 Å². The number of pyridine rings is 1. The number of benzene rings is 1. The molecule has 2 amide bonds. The Labute approximate surface area is 147 Å². The molecule has 1 saturated carbocycles. The van der Waals surface area contributed by atoms with Crippen LogP contribution < -0.4 is 10.6 Å². The van der Waals surface area contributed by atoms with Crippen LogP contribution in [0.5, 0.6) is 0 Å². The van der Waals surface area contributed by atoms with E-state index < -0.39 is 0 Å². The molecular weight excluding hydrogens is 314 g/mol. The van der Waals surface area contributed by atoms with Gasteiger partial charge in [-0.2, -0.15) is 0 Å². The van der Waals surface area contributed by atoms with Crippen molar-refractivity contribution in [3.63, 3.8) is 0 Å². The Hall–Kier alpha value is -2.43. The maximum absolute atomic E-state index is 12.9. The Balaban J connectivity index is 1.66. The minimum Gasteiger partial charge on any atom is -0.352 e. The summed E-state index contributed by atoms with van der Waals surface area (Å²) in [6, 6.07) is 6.15. The number of nitrogens with zero attached hydrogens (tertiary/aromatic N) is 1. The van der Waals surface area contributed by atoms with Gasteiger partial charge in [0.25, 0.3) is 5.91 Å². The minimum absolute atomic E-state index is 0.0379. The number of hydrogen-bond donors (Lipinski definition) is 2. The molecule has 0 unspecified atom stereocenters. The second-order valence-corrected chi connectivity index (χ2v) is 7.36. The van der Waals surface area contributed by atoms with E-state index in [1.165, 1.54) is 0 Å². The van der Waals surface area contributed by atoms with Crippen LogP contribution in [0, 0.1) is 13.8 Å². The highest BCUT2D eigenvalue weighted by Crippen LogP contribution is 2.40. The summed E-state index contributed by atoms with van der Waals surface area (Å²) >= 11 is 0. The van der Waals surface area contributed by atoms with E-state index in [0.717, 1.165) is 47.0 Å². The molecule has 2 fully saturated rings. The largest absolute Gasteiger partial charge is 0.352 e. The number of aromatic nitrogens is 1. The number of aryl methyl sites for hydroxylation is 2. The summed E-state index contributed by atoms with van der Waals surface area (Å²) in [5, 5.41) is 6.80. The summed E-state index contributed by atoms with van der Waals surface area (Å²) < 4.78 is 0. The van der Waals surface area contributed by atoms with E-state index in [9.17, 15) is 9.59 Å². The molecule has 5 nitrogen and oxygen atoms in total. The van der Waals surface area contributed by atoms with Gasteiger partial charge >= 0.3 is 0 Å². The fourth-order valence-corrected chi connectivity index (χ4v) is 3.62. The first-order valence-electron chi connectivity index (χ1n) is 9.00. The Morgan fingerprint density at radius 2 is 2.04 bits per heavy atom. The normalized spacial score (nSPS) is 19.9. The van der Waals surface area contributed by atoms with Crippen LogP contribution in [0.4, 0.5) is 0 Å². The summed E-state index contributed by atoms with van der Waals surface area (Å²) in [5.41, 5.74) is 4.88. The fourth-order valence-electron chi connectivity index (χ4n) is 3.62. The molecule has 2 aliphatic rings. The third-order valence-corrected chi connectivity index (χ3v) is 5.10. The second kappa shape index (κ2) is 6.14. The van der Waals surface area contributed by atoms with Gasteiger partial charge in [0, 0.05) is 36.0 Å². The second-order valence-electron chi connectivity index (χ2n) is 7.36. The molecule has 0 bridgehead atoms. The van der Waals surface area contributed by atoms with Crippen molar-refractivity contribution in [2.75, 3.05) is 6.54 Å². The number of amides is 2. The van der Waals surface area contributed by atoms with Gasteiger partial charge in [-0.1, -0.05) is 11.6 Å². The van der Waals surface area contributed by atoms with Crippen LogP contribution in [-0.2, 0) is 4.79 Å². The lowest BCUT2D eigenvalue weighted by Crippen LogP contribution is -2.38. The molecule has 0 spiro atoms. The molecule has 25 heavy (non-hydrogen) atoms. The van der Waals surface area contributed by atoms with Crippen molar-refractivity contribution < 1.29 is 9.59 Å². The topological polar surface area (TPSA) is 71.1 Å². The number of nitrogens with one attached hydrogen (secondary N) is 2. The molecule has 2 aromatic rings. The average Bonchev–Trinajstić information content (AvgIpc) is 3.34. The van der Waals surface area contributed by atoms with E-state index in [4.69, 9.17) is 4.98 Å². The molecule has 2 N–H and O–H groups in total. The Bertz CT molecular complexity index is 871. The molecule has 2 heterocycles. The van der Waals surface area contributed by atoms with Crippen LogP contribution in [-0.4, -0.2) is 29.4 Å². The number of hydrogen-bond acceptors (Lipinski definition) is 3. The van der Waals surface area contributed by atoms with Gasteiger partial charge in [0.1, 0.15) is 0 Å². The van der Waals surface area contributed by atoms with E-state index in [0.29, 0.717) is 24.4 Å². The van der Waals surface area contributed by atoms with E-state index in [2.05, 4.69) is 23.6 Å². The summed E-state index contributed by atoms with van der Waals surface area (Å²) in [6.07, 6.45) is 3.63. The first-order valence-corrected chi connectivity index (χ1v) is 9.00. The molecule has 1 atom stereocenters. The van der Waals surface area contributed by atoms with Crippen molar-refractivity contribution in [3.05, 3.63) is 40.6 Å². The number of carbonyl (C=O) groups is 2. The van der Waals surface area contributed by atoms with Crippen molar-refractivity contribution in [1.29, 1.82) is 0 Å². The van der Waals surface area contributed by atoms with Crippen LogP contribution in [0.2, 0.25) is 0 Å². The van der Waals surface area contributed by atoms with Crippen molar-refractivity contribution in [1.82, 2.24) is 15.6 Å². The lowest BCUT2D eigenvalue weighted by molar-refractivity contribution is -0.119. The van der Waals surface area contributed by atoms with E-state index in [1.807, 2.05) is 19.1 Å². The highest BCUT2D eigenvalue weighted by Gasteiger charge is 2.28. The maximum atomic E-state index is 12.9. The zero-order valence-corrected chi connectivity index (χ0v) is 14.7. The maximum Gasteiger partial charge on any atom is 0.252 e. The predicted octanol–water partition coefficient (Wildman–Crippen LogP) is 2.74. The van der Waals surface area contributed by atoms with Gasteiger partial charge in [-0.3, -0.25) is 14.6 Å². The zero-order chi connectivity index (χ0) is 17.6. The van der Waals surface area contributed by atoms with Crippen LogP contribution in [0.1, 0.15) is 58.8 Å². The zero-order valence-electron chi connectivity index (χ0n) is 14.7. The van der Waals surface area contributed by atoms with Crippen LogP contribution >= 0.6 is 0 Å². The van der Waals surface area contributed by atoms with Crippen molar-refractivity contribution in [3.8, 4) is 0 Å². The predicted molar refractivity (Wildman–Crippen MR) is 96.7 cm³/mol. The van der Waals surface area contributed by atoms with Crippen molar-refractivity contribution in [2.45, 2.75) is 51.5 Å². The van der Waals surface area contributed by atoms with Crippen LogP contribution in [0.15, 0.2) is 18.2 Å². The van der Waals surface area contributed by atoms with Gasteiger partial charge in [-0.15, -0.1) is 0 Å². The number of carbonyl (C=O) groups excluding carboxylic acids is 2. The standard InChI is InChI=1S/C20H23N3O2/c1-11-7-12(2)19-15(8-11)16(9-17(23-19)13-3-4-13)20(25)21-10-14-5-6-18(24)22-14/h7-9,13-14H,3-6,10H2,1-2H3,(H,21,25)(H,22,24)/t14-/m1/s1. The highest BCUT2D eigenvalue weighted by atomic mass is 16.2. The molecule has 1 aromatic heterocycles. The summed E-state index contributed by atoms with van der Waals surface area (Å²) in [4.78, 5) is 29.0. The molecule has 130 valence electrons. The number of rotatable bonds is 4. The molecular formula is C20H23N3O2. The summed E-state index contributed by atoms with van der Waals surface area (Å²) in [7, 11) is 0. The van der Waals surface area contributed by atoms with E-state index in [-0.39, 0.29) is 17.9 Å². The smallest absolute Gasteiger partial charge is 0.252 e. The van der Waals surface area contributed by atoms with Gasteiger partial charge in [0.05, 0.1) is 11.1 Å². The molecule has 1 saturated heterocycles. The van der Waals surface area contributed by atoms with Crippen molar-refractivity contribution >= 4 is 22.7 Å². The molecule has 1 aliphatic carbocycles. The quantitative estimate of drug-likeness (QED) is 0.901. The third-order valence-electron chi connectivity index (χ3n) is 5.10. The van der Waals surface area contributed by atoms with Gasteiger partial charge in [-0.05, 0) is 50.8 Å². The van der Waals surface area contributed by atoms with Crippen LogP contribution in [0.3, 0.4) is 0 Å². The third kappa shape index (κ3) is 3.23. The molecule has 1 aromatic carbocycles. The van der Waals surface area contributed by atoms with E-state index >= 15 is 0 Å².